The van der Waals surface area contributed by atoms with Crippen molar-refractivity contribution in [3.8, 4) is 0 Å². The summed E-state index contributed by atoms with van der Waals surface area (Å²) in [6, 6.07) is 2.10. The van der Waals surface area contributed by atoms with Crippen molar-refractivity contribution in [1.82, 2.24) is 0 Å². The summed E-state index contributed by atoms with van der Waals surface area (Å²) in [6.07, 6.45) is -0.745. The van der Waals surface area contributed by atoms with Crippen LogP contribution in [0.15, 0.2) is 12.1 Å². The second-order valence-electron chi connectivity index (χ2n) is 3.98. The number of fused-ring (bicyclic) bond motifs is 1. The zero-order valence-electron chi connectivity index (χ0n) is 8.09. The lowest BCUT2D eigenvalue weighted by atomic mass is 9.95. The van der Waals surface area contributed by atoms with E-state index in [1.807, 2.05) is 13.8 Å². The Morgan fingerprint density at radius 3 is 2.50 bits per heavy atom. The molecule has 3 heteroatoms. The molecule has 0 aromatic heterocycles. The van der Waals surface area contributed by atoms with E-state index in [2.05, 4.69) is 0 Å². The molecule has 3 unspecified atom stereocenters. The predicted molar refractivity (Wildman–Crippen MR) is 48.9 cm³/mol. The standard InChI is InChI=1S/C11H12F2O/c1-5-6(2)11(14)8-3-7(12)4-9(13)10(5)8/h3-6,11,14H,1-2H3. The molecular formula is C11H12F2O. The quantitative estimate of drug-likeness (QED) is 0.679. The molecule has 3 atom stereocenters. The van der Waals surface area contributed by atoms with E-state index in [9.17, 15) is 13.9 Å². The third-order valence-corrected chi connectivity index (χ3v) is 3.19. The second kappa shape index (κ2) is 3.02. The summed E-state index contributed by atoms with van der Waals surface area (Å²) in [5.41, 5.74) is 0.869. The number of aliphatic hydroxyl groups excluding tert-OH is 1. The van der Waals surface area contributed by atoms with Crippen LogP contribution in [-0.4, -0.2) is 5.11 Å². The second-order valence-corrected chi connectivity index (χ2v) is 3.98. The molecule has 0 amide bonds. The molecule has 1 aromatic rings. The Labute approximate surface area is 81.4 Å². The van der Waals surface area contributed by atoms with Gasteiger partial charge in [-0.1, -0.05) is 13.8 Å². The molecule has 0 aliphatic heterocycles. The smallest absolute Gasteiger partial charge is 0.129 e. The minimum absolute atomic E-state index is 0.0544. The molecule has 76 valence electrons. The molecule has 0 heterocycles. The van der Waals surface area contributed by atoms with E-state index < -0.39 is 17.7 Å². The van der Waals surface area contributed by atoms with Crippen LogP contribution in [0.3, 0.4) is 0 Å². The summed E-state index contributed by atoms with van der Waals surface area (Å²) in [5.74, 6) is -1.28. The largest absolute Gasteiger partial charge is 0.388 e. The van der Waals surface area contributed by atoms with Gasteiger partial charge in [0.15, 0.2) is 0 Å². The molecule has 1 N–H and O–H groups in total. The molecule has 0 fully saturated rings. The van der Waals surface area contributed by atoms with Crippen molar-refractivity contribution < 1.29 is 13.9 Å². The molecule has 1 aliphatic rings. The van der Waals surface area contributed by atoms with Crippen molar-refractivity contribution in [1.29, 1.82) is 0 Å². The van der Waals surface area contributed by atoms with Crippen LogP contribution < -0.4 is 0 Å². The summed E-state index contributed by atoms with van der Waals surface area (Å²) >= 11 is 0. The number of rotatable bonds is 0. The zero-order valence-corrected chi connectivity index (χ0v) is 8.09. The van der Waals surface area contributed by atoms with Crippen LogP contribution in [0, 0.1) is 17.6 Å². The Morgan fingerprint density at radius 2 is 1.86 bits per heavy atom. The van der Waals surface area contributed by atoms with Crippen molar-refractivity contribution in [2.45, 2.75) is 25.9 Å². The van der Waals surface area contributed by atoms with Gasteiger partial charge in [-0.3, -0.25) is 0 Å². The first kappa shape index (κ1) is 9.59. The number of benzene rings is 1. The summed E-state index contributed by atoms with van der Waals surface area (Å²) in [5, 5.41) is 9.74. The van der Waals surface area contributed by atoms with Crippen LogP contribution >= 0.6 is 0 Å². The summed E-state index contributed by atoms with van der Waals surface area (Å²) < 4.78 is 26.3. The molecule has 0 saturated carbocycles. The van der Waals surface area contributed by atoms with E-state index in [0.29, 0.717) is 11.1 Å². The topological polar surface area (TPSA) is 20.2 Å². The highest BCUT2D eigenvalue weighted by Gasteiger charge is 2.36. The lowest BCUT2D eigenvalue weighted by molar-refractivity contribution is 0.123. The van der Waals surface area contributed by atoms with Crippen LogP contribution in [0.5, 0.6) is 0 Å². The van der Waals surface area contributed by atoms with Gasteiger partial charge >= 0.3 is 0 Å². The molecule has 0 spiro atoms. The highest BCUT2D eigenvalue weighted by molar-refractivity contribution is 5.39. The van der Waals surface area contributed by atoms with Gasteiger partial charge < -0.3 is 5.11 Å². The van der Waals surface area contributed by atoms with Crippen molar-refractivity contribution in [2.75, 3.05) is 0 Å². The van der Waals surface area contributed by atoms with Gasteiger partial charge in [0, 0.05) is 6.07 Å². The van der Waals surface area contributed by atoms with Gasteiger partial charge in [-0.25, -0.2) is 8.78 Å². The monoisotopic (exact) mass is 198 g/mol. The van der Waals surface area contributed by atoms with Crippen molar-refractivity contribution >= 4 is 0 Å². The Hall–Kier alpha value is -0.960. The maximum Gasteiger partial charge on any atom is 0.129 e. The van der Waals surface area contributed by atoms with Gasteiger partial charge in [0.25, 0.3) is 0 Å². The molecule has 1 aromatic carbocycles. The van der Waals surface area contributed by atoms with Gasteiger partial charge in [-0.15, -0.1) is 0 Å². The van der Waals surface area contributed by atoms with Gasteiger partial charge in [-0.2, -0.15) is 0 Å². The minimum atomic E-state index is -0.745. The third kappa shape index (κ3) is 1.16. The van der Waals surface area contributed by atoms with Gasteiger partial charge in [0.05, 0.1) is 6.10 Å². The Bertz CT molecular complexity index is 376. The van der Waals surface area contributed by atoms with E-state index in [4.69, 9.17) is 0 Å². The van der Waals surface area contributed by atoms with Crippen LogP contribution in [0.25, 0.3) is 0 Å². The number of halogens is 2. The van der Waals surface area contributed by atoms with Gasteiger partial charge in [0.2, 0.25) is 0 Å². The van der Waals surface area contributed by atoms with Crippen LogP contribution in [0.2, 0.25) is 0 Å². The maximum absolute atomic E-state index is 13.4. The number of aliphatic hydroxyl groups is 1. The molecule has 14 heavy (non-hydrogen) atoms. The molecule has 2 rings (SSSR count). The highest BCUT2D eigenvalue weighted by atomic mass is 19.1. The normalized spacial score (nSPS) is 30.5. The van der Waals surface area contributed by atoms with Crippen LogP contribution in [0.4, 0.5) is 8.78 Å². The van der Waals surface area contributed by atoms with E-state index in [-0.39, 0.29) is 11.8 Å². The number of hydrogen-bond donors (Lipinski definition) is 1. The molecule has 1 aliphatic carbocycles. The highest BCUT2D eigenvalue weighted by Crippen LogP contribution is 2.45. The maximum atomic E-state index is 13.4. The Morgan fingerprint density at radius 1 is 1.21 bits per heavy atom. The first-order valence-corrected chi connectivity index (χ1v) is 4.69. The van der Waals surface area contributed by atoms with Crippen LogP contribution in [0.1, 0.15) is 37.0 Å². The van der Waals surface area contributed by atoms with Gasteiger partial charge in [0.1, 0.15) is 11.6 Å². The third-order valence-electron chi connectivity index (χ3n) is 3.19. The zero-order chi connectivity index (χ0) is 10.5. The molecule has 0 radical (unpaired) electrons. The van der Waals surface area contributed by atoms with Crippen molar-refractivity contribution in [3.05, 3.63) is 34.9 Å². The molecule has 0 saturated heterocycles. The van der Waals surface area contributed by atoms with Crippen molar-refractivity contribution in [3.63, 3.8) is 0 Å². The molecular weight excluding hydrogens is 186 g/mol. The van der Waals surface area contributed by atoms with Gasteiger partial charge in [-0.05, 0) is 29.0 Å². The molecule has 0 bridgehead atoms. The van der Waals surface area contributed by atoms with E-state index in [0.717, 1.165) is 6.07 Å². The average Bonchev–Trinajstić information content (AvgIpc) is 2.31. The fourth-order valence-corrected chi connectivity index (χ4v) is 2.15. The fourth-order valence-electron chi connectivity index (χ4n) is 2.15. The summed E-state index contributed by atoms with van der Waals surface area (Å²) in [4.78, 5) is 0. The molecule has 1 nitrogen and oxygen atoms in total. The Kier molecular flexibility index (Phi) is 2.07. The average molecular weight is 198 g/mol. The fraction of sp³-hybridized carbons (Fsp3) is 0.455. The van der Waals surface area contributed by atoms with Crippen LogP contribution in [-0.2, 0) is 0 Å². The van der Waals surface area contributed by atoms with Crippen molar-refractivity contribution in [2.24, 2.45) is 5.92 Å². The number of hydrogen-bond acceptors (Lipinski definition) is 1. The lowest BCUT2D eigenvalue weighted by Crippen LogP contribution is -2.04. The first-order valence-electron chi connectivity index (χ1n) is 4.69. The lowest BCUT2D eigenvalue weighted by Gasteiger charge is -2.12. The predicted octanol–water partition coefficient (Wildman–Crippen LogP) is 2.75. The first-order chi connectivity index (χ1) is 6.52. The summed E-state index contributed by atoms with van der Waals surface area (Å²) in [6.45, 7) is 3.69. The van der Waals surface area contributed by atoms with E-state index in [1.54, 1.807) is 0 Å². The SMILES string of the molecule is CC1c2c(F)cc(F)cc2C(O)C1C. The summed E-state index contributed by atoms with van der Waals surface area (Å²) in [7, 11) is 0. The minimum Gasteiger partial charge on any atom is -0.388 e. The van der Waals surface area contributed by atoms with E-state index in [1.165, 1.54) is 6.07 Å². The van der Waals surface area contributed by atoms with E-state index >= 15 is 0 Å². The Balaban J connectivity index is 2.63.